The van der Waals surface area contributed by atoms with Crippen molar-refractivity contribution < 1.29 is 8.42 Å². The lowest BCUT2D eigenvalue weighted by molar-refractivity contribution is 0.417. The number of nitrogens with zero attached hydrogens (tertiary/aromatic N) is 2. The molecule has 0 aromatic heterocycles. The minimum atomic E-state index is -3.30. The molecular weight excluding hydrogens is 284 g/mol. The maximum Gasteiger partial charge on any atom is 0.179 e. The molecule has 2 aromatic carbocycles. The Hall–Kier alpha value is -2.32. The van der Waals surface area contributed by atoms with Gasteiger partial charge in [-0.3, -0.25) is 0 Å². The summed E-state index contributed by atoms with van der Waals surface area (Å²) in [6.07, 6.45) is 3.37. The van der Waals surface area contributed by atoms with Gasteiger partial charge in [-0.2, -0.15) is 5.26 Å². The zero-order valence-corrected chi connectivity index (χ0v) is 12.4. The highest BCUT2D eigenvalue weighted by Gasteiger charge is 2.23. The van der Waals surface area contributed by atoms with E-state index in [-0.39, 0.29) is 0 Å². The van der Waals surface area contributed by atoms with Crippen molar-refractivity contribution in [1.82, 2.24) is 4.90 Å². The van der Waals surface area contributed by atoms with Crippen molar-refractivity contribution >= 4 is 9.84 Å². The first-order valence-corrected chi connectivity index (χ1v) is 8.45. The van der Waals surface area contributed by atoms with Gasteiger partial charge in [-0.05, 0) is 22.8 Å². The van der Waals surface area contributed by atoms with Crippen molar-refractivity contribution in [3.63, 3.8) is 0 Å². The van der Waals surface area contributed by atoms with E-state index in [1.165, 1.54) is 6.26 Å². The van der Waals surface area contributed by atoms with E-state index in [1.807, 2.05) is 30.3 Å². The number of fused-ring (bicyclic) bond motifs is 1. The molecule has 0 N–H and O–H groups in total. The van der Waals surface area contributed by atoms with Crippen LogP contribution < -0.4 is 0 Å². The van der Waals surface area contributed by atoms with E-state index in [9.17, 15) is 8.42 Å². The first-order chi connectivity index (χ1) is 10.0. The van der Waals surface area contributed by atoms with Gasteiger partial charge in [0.1, 0.15) is 0 Å². The standard InChI is InChI=1S/C16H14N2O2S/c1-21(19,20)16-8-3-2-6-14(16)13-7-4-5-12-9-18(11-17)10-15(12)13/h2-8H,9-10H2,1H3. The molecule has 5 heteroatoms. The van der Waals surface area contributed by atoms with E-state index in [0.717, 1.165) is 16.7 Å². The molecule has 0 radical (unpaired) electrons. The van der Waals surface area contributed by atoms with Gasteiger partial charge in [0.2, 0.25) is 0 Å². The van der Waals surface area contributed by atoms with Crippen LogP contribution in [0, 0.1) is 11.5 Å². The monoisotopic (exact) mass is 298 g/mol. The number of rotatable bonds is 2. The van der Waals surface area contributed by atoms with Gasteiger partial charge in [-0.1, -0.05) is 36.4 Å². The van der Waals surface area contributed by atoms with Gasteiger partial charge in [-0.15, -0.1) is 0 Å². The molecule has 0 saturated heterocycles. The number of hydrogen-bond acceptors (Lipinski definition) is 4. The molecule has 0 saturated carbocycles. The summed E-state index contributed by atoms with van der Waals surface area (Å²) in [5.41, 5.74) is 3.72. The van der Waals surface area contributed by atoms with Gasteiger partial charge in [0.05, 0.1) is 18.0 Å². The lowest BCUT2D eigenvalue weighted by Crippen LogP contribution is -2.07. The third kappa shape index (κ3) is 2.39. The Morgan fingerprint density at radius 2 is 1.76 bits per heavy atom. The van der Waals surface area contributed by atoms with Crippen LogP contribution in [0.2, 0.25) is 0 Å². The maximum absolute atomic E-state index is 12.0. The first-order valence-electron chi connectivity index (χ1n) is 6.55. The summed E-state index contributed by atoms with van der Waals surface area (Å²) in [7, 11) is -3.30. The summed E-state index contributed by atoms with van der Waals surface area (Å²) < 4.78 is 24.0. The van der Waals surface area contributed by atoms with Gasteiger partial charge < -0.3 is 4.90 Å². The van der Waals surface area contributed by atoms with E-state index in [1.54, 1.807) is 17.0 Å². The Kier molecular flexibility index (Phi) is 3.19. The topological polar surface area (TPSA) is 61.2 Å². The zero-order chi connectivity index (χ0) is 15.0. The second-order valence-corrected chi connectivity index (χ2v) is 7.15. The molecule has 2 aromatic rings. The lowest BCUT2D eigenvalue weighted by Gasteiger charge is -2.12. The molecule has 1 aliphatic heterocycles. The van der Waals surface area contributed by atoms with Crippen molar-refractivity contribution in [1.29, 1.82) is 5.26 Å². The van der Waals surface area contributed by atoms with E-state index in [2.05, 4.69) is 6.19 Å². The molecule has 21 heavy (non-hydrogen) atoms. The molecule has 0 aliphatic carbocycles. The van der Waals surface area contributed by atoms with Gasteiger partial charge in [0.25, 0.3) is 0 Å². The normalized spacial score (nSPS) is 13.8. The van der Waals surface area contributed by atoms with E-state index < -0.39 is 9.84 Å². The highest BCUT2D eigenvalue weighted by atomic mass is 32.2. The van der Waals surface area contributed by atoms with Crippen LogP contribution in [-0.2, 0) is 22.9 Å². The maximum atomic E-state index is 12.0. The van der Waals surface area contributed by atoms with Crippen LogP contribution >= 0.6 is 0 Å². The van der Waals surface area contributed by atoms with Crippen LogP contribution in [0.25, 0.3) is 11.1 Å². The molecule has 0 spiro atoms. The Labute approximate surface area is 124 Å². The molecule has 0 amide bonds. The lowest BCUT2D eigenvalue weighted by atomic mass is 9.97. The molecule has 4 nitrogen and oxygen atoms in total. The summed E-state index contributed by atoms with van der Waals surface area (Å²) >= 11 is 0. The summed E-state index contributed by atoms with van der Waals surface area (Å²) in [6, 6.07) is 12.8. The van der Waals surface area contributed by atoms with Crippen LogP contribution in [0.5, 0.6) is 0 Å². The molecule has 0 fully saturated rings. The summed E-state index contributed by atoms with van der Waals surface area (Å²) in [5, 5.41) is 9.06. The van der Waals surface area contributed by atoms with Gasteiger partial charge >= 0.3 is 0 Å². The average Bonchev–Trinajstić information content (AvgIpc) is 2.89. The van der Waals surface area contributed by atoms with Gasteiger partial charge in [-0.25, -0.2) is 8.42 Å². The molecule has 1 heterocycles. The van der Waals surface area contributed by atoms with Gasteiger partial charge in [0, 0.05) is 11.8 Å². The summed E-state index contributed by atoms with van der Waals surface area (Å²) in [4.78, 5) is 1.99. The second kappa shape index (κ2) is 4.90. The van der Waals surface area contributed by atoms with E-state index in [4.69, 9.17) is 5.26 Å². The molecule has 0 atom stereocenters. The number of nitriles is 1. The molecular formula is C16H14N2O2S. The van der Waals surface area contributed by atoms with Crippen LogP contribution in [0.1, 0.15) is 11.1 Å². The fraction of sp³-hybridized carbons (Fsp3) is 0.188. The fourth-order valence-corrected chi connectivity index (χ4v) is 3.66. The SMILES string of the molecule is CS(=O)(=O)c1ccccc1-c1cccc2c1CN(C#N)C2. The van der Waals surface area contributed by atoms with Crippen LogP contribution in [0.15, 0.2) is 47.4 Å². The molecule has 3 rings (SSSR count). The number of sulfone groups is 1. The third-order valence-corrected chi connectivity index (χ3v) is 4.86. The second-order valence-electron chi connectivity index (χ2n) is 5.17. The summed E-state index contributed by atoms with van der Waals surface area (Å²) in [6.45, 7) is 1.11. The Balaban J connectivity index is 2.22. The number of hydrogen-bond donors (Lipinski definition) is 0. The smallest absolute Gasteiger partial charge is 0.179 e. The third-order valence-electron chi connectivity index (χ3n) is 3.70. The quantitative estimate of drug-likeness (QED) is 0.799. The Bertz CT molecular complexity index is 851. The Morgan fingerprint density at radius 3 is 2.48 bits per heavy atom. The fourth-order valence-electron chi connectivity index (χ4n) is 2.76. The molecule has 0 bridgehead atoms. The minimum Gasteiger partial charge on any atom is -0.302 e. The van der Waals surface area contributed by atoms with Crippen LogP contribution in [-0.4, -0.2) is 19.6 Å². The van der Waals surface area contributed by atoms with Crippen molar-refractivity contribution in [3.05, 3.63) is 53.6 Å². The van der Waals surface area contributed by atoms with Crippen molar-refractivity contribution in [2.24, 2.45) is 0 Å². The van der Waals surface area contributed by atoms with Gasteiger partial charge in [0.15, 0.2) is 16.0 Å². The minimum absolute atomic E-state index is 0.328. The first kappa shape index (κ1) is 13.7. The summed E-state index contributed by atoms with van der Waals surface area (Å²) in [5.74, 6) is 0. The zero-order valence-electron chi connectivity index (χ0n) is 11.6. The predicted octanol–water partition coefficient (Wildman–Crippen LogP) is 2.55. The van der Waals surface area contributed by atoms with E-state index in [0.29, 0.717) is 23.5 Å². The predicted molar refractivity (Wildman–Crippen MR) is 79.8 cm³/mol. The molecule has 1 aliphatic rings. The van der Waals surface area contributed by atoms with Crippen LogP contribution in [0.3, 0.4) is 0 Å². The Morgan fingerprint density at radius 1 is 1.05 bits per heavy atom. The highest BCUT2D eigenvalue weighted by molar-refractivity contribution is 7.90. The van der Waals surface area contributed by atoms with Crippen molar-refractivity contribution in [2.75, 3.05) is 6.26 Å². The average molecular weight is 298 g/mol. The molecule has 106 valence electrons. The largest absolute Gasteiger partial charge is 0.302 e. The molecule has 0 unspecified atom stereocenters. The van der Waals surface area contributed by atoms with Crippen molar-refractivity contribution in [2.45, 2.75) is 18.0 Å². The van der Waals surface area contributed by atoms with Crippen molar-refractivity contribution in [3.8, 4) is 17.3 Å². The van der Waals surface area contributed by atoms with E-state index >= 15 is 0 Å². The van der Waals surface area contributed by atoms with Crippen LogP contribution in [0.4, 0.5) is 0 Å². The number of benzene rings is 2. The highest BCUT2D eigenvalue weighted by Crippen LogP contribution is 2.35.